The van der Waals surface area contributed by atoms with Crippen molar-refractivity contribution in [1.82, 2.24) is 9.62 Å². The van der Waals surface area contributed by atoms with E-state index in [4.69, 9.17) is 17.3 Å². The highest BCUT2D eigenvalue weighted by Crippen LogP contribution is 2.27. The lowest BCUT2D eigenvalue weighted by Crippen LogP contribution is -2.31. The molecule has 0 spiro atoms. The van der Waals surface area contributed by atoms with Crippen LogP contribution in [0.4, 0.5) is 5.69 Å². The first kappa shape index (κ1) is 15.6. The summed E-state index contributed by atoms with van der Waals surface area (Å²) in [6, 6.07) is 4.70. The zero-order chi connectivity index (χ0) is 14.8. The number of nitrogens with one attached hydrogen (secondary N) is 1. The van der Waals surface area contributed by atoms with E-state index in [2.05, 4.69) is 16.5 Å². The maximum absolute atomic E-state index is 12.3. The highest BCUT2D eigenvalue weighted by molar-refractivity contribution is 7.89. The Balaban J connectivity index is 2.05. The number of hydrogen-bond donors (Lipinski definition) is 2. The van der Waals surface area contributed by atoms with E-state index in [1.54, 1.807) is 6.07 Å². The molecule has 0 radical (unpaired) electrons. The van der Waals surface area contributed by atoms with Crippen molar-refractivity contribution in [2.45, 2.75) is 18.2 Å². The number of benzene rings is 1. The van der Waals surface area contributed by atoms with Crippen LogP contribution in [0.15, 0.2) is 23.1 Å². The van der Waals surface area contributed by atoms with E-state index in [0.29, 0.717) is 12.5 Å². The molecule has 1 atom stereocenters. The lowest BCUT2D eigenvalue weighted by Gasteiger charge is -2.15. The van der Waals surface area contributed by atoms with E-state index in [1.165, 1.54) is 12.1 Å². The van der Waals surface area contributed by atoms with Crippen molar-refractivity contribution in [1.29, 1.82) is 0 Å². The van der Waals surface area contributed by atoms with Gasteiger partial charge in [-0.3, -0.25) is 0 Å². The summed E-state index contributed by atoms with van der Waals surface area (Å²) in [7, 11) is -3.66. The predicted molar refractivity (Wildman–Crippen MR) is 81.3 cm³/mol. The number of nitrogen functional groups attached to an aromatic ring is 1. The van der Waals surface area contributed by atoms with Crippen LogP contribution >= 0.6 is 11.6 Å². The van der Waals surface area contributed by atoms with Gasteiger partial charge in [-0.25, -0.2) is 13.1 Å². The Morgan fingerprint density at radius 2 is 2.25 bits per heavy atom. The molecule has 1 fully saturated rings. The molecule has 1 saturated heterocycles. The van der Waals surface area contributed by atoms with Gasteiger partial charge in [0.2, 0.25) is 10.0 Å². The normalized spacial score (nSPS) is 20.4. The Labute approximate surface area is 125 Å². The average Bonchev–Trinajstić information content (AvgIpc) is 2.84. The molecular weight excluding hydrogens is 298 g/mol. The number of likely N-dealkylation sites (tertiary alicyclic amines) is 1. The van der Waals surface area contributed by atoms with E-state index in [-0.39, 0.29) is 15.6 Å². The van der Waals surface area contributed by atoms with Crippen molar-refractivity contribution in [2.24, 2.45) is 5.92 Å². The van der Waals surface area contributed by atoms with Gasteiger partial charge in [-0.2, -0.15) is 0 Å². The summed E-state index contributed by atoms with van der Waals surface area (Å²) >= 11 is 5.95. The minimum Gasteiger partial charge on any atom is -0.398 e. The molecule has 0 saturated carbocycles. The van der Waals surface area contributed by atoms with E-state index in [9.17, 15) is 8.42 Å². The second-order valence-electron chi connectivity index (χ2n) is 5.06. The van der Waals surface area contributed by atoms with Gasteiger partial charge >= 0.3 is 0 Å². The van der Waals surface area contributed by atoms with E-state index in [0.717, 1.165) is 26.1 Å². The van der Waals surface area contributed by atoms with Gasteiger partial charge in [-0.1, -0.05) is 24.6 Å². The number of hydrogen-bond acceptors (Lipinski definition) is 4. The van der Waals surface area contributed by atoms with Crippen molar-refractivity contribution >= 4 is 27.3 Å². The number of rotatable bonds is 5. The van der Waals surface area contributed by atoms with E-state index >= 15 is 0 Å². The standard InChI is InChI=1S/C13H20ClN3O2S/c1-2-17-7-6-10(9-17)8-16-20(18,19)13-11(14)4-3-5-12(13)15/h3-5,10,16H,2,6-9,15H2,1H3. The molecule has 0 aromatic heterocycles. The van der Waals surface area contributed by atoms with Crippen LogP contribution in [0.5, 0.6) is 0 Å². The molecule has 1 aromatic carbocycles. The number of nitrogens with zero attached hydrogens (tertiary/aromatic N) is 1. The first-order valence-corrected chi connectivity index (χ1v) is 8.56. The van der Waals surface area contributed by atoms with Gasteiger partial charge in [0.05, 0.1) is 10.7 Å². The van der Waals surface area contributed by atoms with Gasteiger partial charge < -0.3 is 10.6 Å². The number of sulfonamides is 1. The smallest absolute Gasteiger partial charge is 0.244 e. The molecule has 1 heterocycles. The minimum absolute atomic E-state index is 0.0213. The third-order valence-corrected chi connectivity index (χ3v) is 5.61. The highest BCUT2D eigenvalue weighted by Gasteiger charge is 2.25. The van der Waals surface area contributed by atoms with Crippen LogP contribution in [0, 0.1) is 5.92 Å². The maximum atomic E-state index is 12.3. The Morgan fingerprint density at radius 3 is 2.85 bits per heavy atom. The fraction of sp³-hybridized carbons (Fsp3) is 0.538. The molecule has 0 bridgehead atoms. The summed E-state index contributed by atoms with van der Waals surface area (Å²) < 4.78 is 27.2. The minimum atomic E-state index is -3.66. The van der Waals surface area contributed by atoms with E-state index < -0.39 is 10.0 Å². The molecule has 0 aliphatic carbocycles. The molecule has 1 unspecified atom stereocenters. The maximum Gasteiger partial charge on any atom is 0.244 e. The summed E-state index contributed by atoms with van der Waals surface area (Å²) in [5, 5.41) is 0.152. The predicted octanol–water partition coefficient (Wildman–Crippen LogP) is 1.54. The second kappa shape index (κ2) is 6.30. The first-order valence-electron chi connectivity index (χ1n) is 6.70. The SMILES string of the molecule is CCN1CCC(CNS(=O)(=O)c2c(N)cccc2Cl)C1. The highest BCUT2D eigenvalue weighted by atomic mass is 35.5. The van der Waals surface area contributed by atoms with Crippen molar-refractivity contribution in [3.8, 4) is 0 Å². The zero-order valence-corrected chi connectivity index (χ0v) is 13.0. The molecule has 1 aliphatic rings. The molecule has 112 valence electrons. The molecule has 5 nitrogen and oxygen atoms in total. The molecular formula is C13H20ClN3O2S. The molecule has 3 N–H and O–H groups in total. The van der Waals surface area contributed by atoms with Crippen molar-refractivity contribution in [2.75, 3.05) is 31.9 Å². The Bertz CT molecular complexity index is 557. The Morgan fingerprint density at radius 1 is 1.50 bits per heavy atom. The summed E-state index contributed by atoms with van der Waals surface area (Å²) in [6.45, 7) is 5.48. The fourth-order valence-electron chi connectivity index (χ4n) is 2.48. The third-order valence-electron chi connectivity index (χ3n) is 3.65. The summed E-state index contributed by atoms with van der Waals surface area (Å²) in [5.74, 6) is 0.341. The van der Waals surface area contributed by atoms with Gasteiger partial charge in [0.1, 0.15) is 4.90 Å². The van der Waals surface area contributed by atoms with Gasteiger partial charge in [0.15, 0.2) is 0 Å². The largest absolute Gasteiger partial charge is 0.398 e. The van der Waals surface area contributed by atoms with Crippen LogP contribution in [0.1, 0.15) is 13.3 Å². The number of halogens is 1. The summed E-state index contributed by atoms with van der Waals surface area (Å²) in [5.41, 5.74) is 5.90. The Hall–Kier alpha value is -0.820. The third kappa shape index (κ3) is 3.44. The molecule has 1 aliphatic heterocycles. The number of nitrogens with two attached hydrogens (primary N) is 1. The average molecular weight is 318 g/mol. The van der Waals surface area contributed by atoms with E-state index in [1.807, 2.05) is 0 Å². The summed E-state index contributed by atoms with van der Waals surface area (Å²) in [6.07, 6.45) is 1.01. The zero-order valence-electron chi connectivity index (χ0n) is 11.5. The van der Waals surface area contributed by atoms with Crippen LogP contribution in [0.3, 0.4) is 0 Å². The second-order valence-corrected chi connectivity index (χ2v) is 7.17. The van der Waals surface area contributed by atoms with Gasteiger partial charge in [0, 0.05) is 13.1 Å². The molecule has 20 heavy (non-hydrogen) atoms. The van der Waals surface area contributed by atoms with Crippen molar-refractivity contribution < 1.29 is 8.42 Å². The molecule has 0 amide bonds. The van der Waals surface area contributed by atoms with Crippen LogP contribution < -0.4 is 10.5 Å². The lowest BCUT2D eigenvalue weighted by molar-refractivity contribution is 0.342. The fourth-order valence-corrected chi connectivity index (χ4v) is 4.26. The quantitative estimate of drug-likeness (QED) is 0.808. The van der Waals surface area contributed by atoms with Crippen LogP contribution in [-0.2, 0) is 10.0 Å². The monoisotopic (exact) mass is 317 g/mol. The number of anilines is 1. The topological polar surface area (TPSA) is 75.4 Å². The van der Waals surface area contributed by atoms with Gasteiger partial charge in [-0.15, -0.1) is 0 Å². The van der Waals surface area contributed by atoms with Gasteiger partial charge in [0.25, 0.3) is 0 Å². The summed E-state index contributed by atoms with van der Waals surface area (Å²) in [4.78, 5) is 2.29. The Kier molecular flexibility index (Phi) is 4.90. The van der Waals surface area contributed by atoms with Crippen molar-refractivity contribution in [3.05, 3.63) is 23.2 Å². The molecule has 1 aromatic rings. The van der Waals surface area contributed by atoms with Crippen LogP contribution in [-0.4, -0.2) is 39.5 Å². The van der Waals surface area contributed by atoms with Gasteiger partial charge in [-0.05, 0) is 37.6 Å². The first-order chi connectivity index (χ1) is 9.44. The molecule has 7 heteroatoms. The lowest BCUT2D eigenvalue weighted by atomic mass is 10.1. The van der Waals surface area contributed by atoms with Crippen LogP contribution in [0.2, 0.25) is 5.02 Å². The van der Waals surface area contributed by atoms with Crippen molar-refractivity contribution in [3.63, 3.8) is 0 Å². The van der Waals surface area contributed by atoms with Crippen LogP contribution in [0.25, 0.3) is 0 Å². The molecule has 2 rings (SSSR count).